The van der Waals surface area contributed by atoms with Crippen LogP contribution >= 0.6 is 23.2 Å². The monoisotopic (exact) mass is 207 g/mol. The standard InChI is InChI=1S/C8H8Cl2FN/c9-6-3-5(1-2-12)8(10)7(11)4-6/h3-4H,1-2,12H2. The minimum absolute atomic E-state index is 0.116. The predicted molar refractivity (Wildman–Crippen MR) is 49.2 cm³/mol. The summed E-state index contributed by atoms with van der Waals surface area (Å²) in [5.41, 5.74) is 5.96. The summed E-state index contributed by atoms with van der Waals surface area (Å²) in [6.45, 7) is 0.430. The highest BCUT2D eigenvalue weighted by Gasteiger charge is 2.06. The van der Waals surface area contributed by atoms with E-state index in [1.54, 1.807) is 6.07 Å². The fraction of sp³-hybridized carbons (Fsp3) is 0.250. The summed E-state index contributed by atoms with van der Waals surface area (Å²) in [5, 5.41) is 0.463. The second-order valence-electron chi connectivity index (χ2n) is 2.40. The van der Waals surface area contributed by atoms with Gasteiger partial charge < -0.3 is 5.73 Å². The highest BCUT2D eigenvalue weighted by Crippen LogP contribution is 2.24. The van der Waals surface area contributed by atoms with Crippen LogP contribution in [0.5, 0.6) is 0 Å². The molecule has 0 bridgehead atoms. The SMILES string of the molecule is NCCc1cc(Cl)cc(F)c1Cl. The fourth-order valence-electron chi connectivity index (χ4n) is 0.947. The van der Waals surface area contributed by atoms with Crippen molar-refractivity contribution in [3.05, 3.63) is 33.6 Å². The molecule has 1 rings (SSSR count). The molecule has 2 N–H and O–H groups in total. The van der Waals surface area contributed by atoms with E-state index < -0.39 is 5.82 Å². The maximum atomic E-state index is 12.9. The Morgan fingerprint density at radius 2 is 2.00 bits per heavy atom. The summed E-state index contributed by atoms with van der Waals surface area (Å²) in [5.74, 6) is -0.493. The van der Waals surface area contributed by atoms with Gasteiger partial charge in [-0.25, -0.2) is 4.39 Å². The Hall–Kier alpha value is -0.310. The molecule has 1 nitrogen and oxygen atoms in total. The summed E-state index contributed by atoms with van der Waals surface area (Å²) in [6, 6.07) is 2.81. The number of hydrogen-bond donors (Lipinski definition) is 1. The Morgan fingerprint density at radius 3 is 2.58 bits per heavy atom. The molecule has 0 heterocycles. The number of rotatable bonds is 2. The van der Waals surface area contributed by atoms with Crippen molar-refractivity contribution in [1.29, 1.82) is 0 Å². The Labute approximate surface area is 80.3 Å². The van der Waals surface area contributed by atoms with E-state index in [9.17, 15) is 4.39 Å². The van der Waals surface area contributed by atoms with Gasteiger partial charge in [-0.05, 0) is 30.7 Å². The Kier molecular flexibility index (Phi) is 3.32. The summed E-state index contributed by atoms with van der Waals surface area (Å²) in [4.78, 5) is 0. The minimum atomic E-state index is -0.493. The molecule has 0 spiro atoms. The summed E-state index contributed by atoms with van der Waals surface area (Å²) in [6.07, 6.45) is 0.538. The van der Waals surface area contributed by atoms with Crippen molar-refractivity contribution in [1.82, 2.24) is 0 Å². The summed E-state index contributed by atoms with van der Waals surface area (Å²) < 4.78 is 12.9. The third kappa shape index (κ3) is 2.09. The van der Waals surface area contributed by atoms with Crippen LogP contribution in [0.2, 0.25) is 10.0 Å². The lowest BCUT2D eigenvalue weighted by atomic mass is 10.1. The van der Waals surface area contributed by atoms with Crippen LogP contribution in [0.4, 0.5) is 4.39 Å². The summed E-state index contributed by atoms with van der Waals surface area (Å²) in [7, 11) is 0. The molecule has 4 heteroatoms. The largest absolute Gasteiger partial charge is 0.330 e. The van der Waals surface area contributed by atoms with Crippen LogP contribution in [-0.4, -0.2) is 6.54 Å². The van der Waals surface area contributed by atoms with Crippen LogP contribution in [0.1, 0.15) is 5.56 Å². The first-order valence-electron chi connectivity index (χ1n) is 3.48. The van der Waals surface area contributed by atoms with Gasteiger partial charge in [0.2, 0.25) is 0 Å². The van der Waals surface area contributed by atoms with Gasteiger partial charge in [-0.3, -0.25) is 0 Å². The van der Waals surface area contributed by atoms with E-state index in [1.165, 1.54) is 6.07 Å². The molecule has 1 aromatic carbocycles. The second kappa shape index (κ2) is 4.08. The maximum absolute atomic E-state index is 12.9. The van der Waals surface area contributed by atoms with Crippen molar-refractivity contribution < 1.29 is 4.39 Å². The molecule has 0 unspecified atom stereocenters. The summed E-state index contributed by atoms with van der Waals surface area (Å²) >= 11 is 11.3. The predicted octanol–water partition coefficient (Wildman–Crippen LogP) is 2.63. The van der Waals surface area contributed by atoms with E-state index in [2.05, 4.69) is 0 Å². The van der Waals surface area contributed by atoms with Crippen LogP contribution in [0, 0.1) is 5.82 Å². The van der Waals surface area contributed by atoms with Gasteiger partial charge in [0.05, 0.1) is 5.02 Å². The van der Waals surface area contributed by atoms with Gasteiger partial charge in [0, 0.05) is 5.02 Å². The molecule has 0 aliphatic carbocycles. The van der Waals surface area contributed by atoms with Crippen molar-refractivity contribution in [2.75, 3.05) is 6.54 Å². The molecule has 0 aliphatic rings. The van der Waals surface area contributed by atoms with Crippen molar-refractivity contribution in [3.8, 4) is 0 Å². The van der Waals surface area contributed by atoms with E-state index in [4.69, 9.17) is 28.9 Å². The van der Waals surface area contributed by atoms with Crippen LogP contribution < -0.4 is 5.73 Å². The van der Waals surface area contributed by atoms with Crippen molar-refractivity contribution in [3.63, 3.8) is 0 Å². The van der Waals surface area contributed by atoms with E-state index in [0.717, 1.165) is 0 Å². The lowest BCUT2D eigenvalue weighted by molar-refractivity contribution is 0.626. The quantitative estimate of drug-likeness (QED) is 0.742. The van der Waals surface area contributed by atoms with Gasteiger partial charge in [0.1, 0.15) is 5.82 Å². The number of benzene rings is 1. The van der Waals surface area contributed by atoms with Gasteiger partial charge in [-0.15, -0.1) is 0 Å². The van der Waals surface area contributed by atoms with Crippen molar-refractivity contribution in [2.24, 2.45) is 5.73 Å². The average Bonchev–Trinajstić information content (AvgIpc) is 2.00. The molecular weight excluding hydrogens is 200 g/mol. The highest BCUT2D eigenvalue weighted by atomic mass is 35.5. The maximum Gasteiger partial charge on any atom is 0.143 e. The van der Waals surface area contributed by atoms with Crippen LogP contribution in [-0.2, 0) is 6.42 Å². The topological polar surface area (TPSA) is 26.0 Å². The smallest absolute Gasteiger partial charge is 0.143 e. The lowest BCUT2D eigenvalue weighted by Gasteiger charge is -2.03. The third-order valence-corrected chi connectivity index (χ3v) is 2.12. The van der Waals surface area contributed by atoms with Crippen LogP contribution in [0.3, 0.4) is 0 Å². The molecule has 0 fully saturated rings. The molecule has 0 atom stereocenters. The van der Waals surface area contributed by atoms with E-state index in [-0.39, 0.29) is 5.02 Å². The molecule has 12 heavy (non-hydrogen) atoms. The first kappa shape index (κ1) is 9.78. The normalized spacial score (nSPS) is 10.3. The van der Waals surface area contributed by atoms with Crippen molar-refractivity contribution >= 4 is 23.2 Å². The molecule has 0 radical (unpaired) electrons. The fourth-order valence-corrected chi connectivity index (χ4v) is 1.38. The van der Waals surface area contributed by atoms with Gasteiger partial charge >= 0.3 is 0 Å². The molecule has 1 aromatic rings. The second-order valence-corrected chi connectivity index (χ2v) is 3.21. The number of halogens is 3. The van der Waals surface area contributed by atoms with Gasteiger partial charge in [-0.1, -0.05) is 23.2 Å². The van der Waals surface area contributed by atoms with Crippen LogP contribution in [0.25, 0.3) is 0 Å². The van der Waals surface area contributed by atoms with Gasteiger partial charge in [-0.2, -0.15) is 0 Å². The molecule has 0 amide bonds. The average molecular weight is 208 g/mol. The molecule has 0 aliphatic heterocycles. The molecule has 0 saturated heterocycles. The van der Waals surface area contributed by atoms with E-state index in [0.29, 0.717) is 23.6 Å². The van der Waals surface area contributed by atoms with Gasteiger partial charge in [0.15, 0.2) is 0 Å². The minimum Gasteiger partial charge on any atom is -0.330 e. The molecular formula is C8H8Cl2FN. The third-order valence-electron chi connectivity index (χ3n) is 1.48. The first-order chi connectivity index (χ1) is 5.65. The lowest BCUT2D eigenvalue weighted by Crippen LogP contribution is -2.03. The van der Waals surface area contributed by atoms with Crippen molar-refractivity contribution in [2.45, 2.75) is 6.42 Å². The first-order valence-corrected chi connectivity index (χ1v) is 4.24. The zero-order valence-corrected chi connectivity index (χ0v) is 7.79. The Bertz CT molecular complexity index is 289. The highest BCUT2D eigenvalue weighted by molar-refractivity contribution is 6.33. The van der Waals surface area contributed by atoms with E-state index in [1.807, 2.05) is 0 Å². The zero-order chi connectivity index (χ0) is 9.14. The Morgan fingerprint density at radius 1 is 1.33 bits per heavy atom. The Balaban J connectivity index is 3.09. The number of nitrogens with two attached hydrogens (primary N) is 1. The molecule has 0 saturated carbocycles. The van der Waals surface area contributed by atoms with E-state index >= 15 is 0 Å². The molecule has 0 aromatic heterocycles. The molecule has 66 valence electrons. The zero-order valence-electron chi connectivity index (χ0n) is 6.28. The number of hydrogen-bond acceptors (Lipinski definition) is 1. The van der Waals surface area contributed by atoms with Crippen LogP contribution in [0.15, 0.2) is 12.1 Å². The van der Waals surface area contributed by atoms with Gasteiger partial charge in [0.25, 0.3) is 0 Å².